The first-order chi connectivity index (χ1) is 11.7. The maximum Gasteiger partial charge on any atom is 0.313 e. The lowest BCUT2D eigenvalue weighted by atomic mass is 10.2. The molecule has 24 heavy (non-hydrogen) atoms. The van der Waals surface area contributed by atoms with Crippen LogP contribution < -0.4 is 10.1 Å². The van der Waals surface area contributed by atoms with Gasteiger partial charge in [0.05, 0.1) is 18.4 Å². The number of hydrogen-bond acceptors (Lipinski definition) is 6. The zero-order chi connectivity index (χ0) is 16.9. The molecule has 0 aliphatic heterocycles. The highest BCUT2D eigenvalue weighted by Crippen LogP contribution is 2.22. The zero-order valence-corrected chi connectivity index (χ0v) is 12.7. The monoisotopic (exact) mass is 320 g/mol. The van der Waals surface area contributed by atoms with E-state index in [0.717, 1.165) is 0 Å². The first kappa shape index (κ1) is 15.2. The summed E-state index contributed by atoms with van der Waals surface area (Å²) in [6, 6.07) is 15.7. The molecule has 0 spiro atoms. The number of rotatable bonds is 4. The molecule has 0 fully saturated rings. The minimum Gasteiger partial charge on any atom is -0.497 e. The lowest BCUT2D eigenvalue weighted by Crippen LogP contribution is -2.13. The molecule has 2 aromatic carbocycles. The van der Waals surface area contributed by atoms with Gasteiger partial charge in [0.25, 0.3) is 0 Å². The van der Waals surface area contributed by atoms with Crippen LogP contribution in [-0.4, -0.2) is 23.2 Å². The number of amides is 1. The smallest absolute Gasteiger partial charge is 0.313 e. The Balaban J connectivity index is 1.79. The van der Waals surface area contributed by atoms with E-state index in [4.69, 9.17) is 14.4 Å². The molecule has 0 bridgehead atoms. The predicted molar refractivity (Wildman–Crippen MR) is 85.4 cm³/mol. The van der Waals surface area contributed by atoms with E-state index in [1.807, 2.05) is 6.07 Å². The Bertz CT molecular complexity index is 910. The minimum atomic E-state index is -0.579. The number of aromatic nitrogens is 2. The first-order valence-corrected chi connectivity index (χ1v) is 6.99. The summed E-state index contributed by atoms with van der Waals surface area (Å²) in [6.45, 7) is 0. The van der Waals surface area contributed by atoms with Crippen LogP contribution in [0.4, 0.5) is 5.69 Å². The average molecular weight is 320 g/mol. The molecule has 0 aliphatic rings. The number of para-hydroxylation sites is 1. The van der Waals surface area contributed by atoms with E-state index in [1.54, 1.807) is 55.6 Å². The van der Waals surface area contributed by atoms with Crippen molar-refractivity contribution < 1.29 is 13.9 Å². The van der Waals surface area contributed by atoms with Crippen molar-refractivity contribution in [2.75, 3.05) is 12.4 Å². The Morgan fingerprint density at radius 1 is 1.17 bits per heavy atom. The van der Waals surface area contributed by atoms with E-state index in [9.17, 15) is 4.79 Å². The summed E-state index contributed by atoms with van der Waals surface area (Å²) in [7, 11) is 1.57. The van der Waals surface area contributed by atoms with Gasteiger partial charge in [-0.1, -0.05) is 12.1 Å². The first-order valence-electron chi connectivity index (χ1n) is 6.99. The fraction of sp³-hybridized carbons (Fsp3) is 0.0588. The molecule has 1 N–H and O–H groups in total. The van der Waals surface area contributed by atoms with Crippen molar-refractivity contribution >= 4 is 11.6 Å². The summed E-state index contributed by atoms with van der Waals surface area (Å²) in [6.07, 6.45) is 0. The molecule has 118 valence electrons. The average Bonchev–Trinajstić information content (AvgIpc) is 3.12. The van der Waals surface area contributed by atoms with Crippen LogP contribution in [0.25, 0.3) is 11.5 Å². The van der Waals surface area contributed by atoms with Gasteiger partial charge in [0.15, 0.2) is 0 Å². The quantitative estimate of drug-likeness (QED) is 0.793. The van der Waals surface area contributed by atoms with Gasteiger partial charge in [0, 0.05) is 5.56 Å². The van der Waals surface area contributed by atoms with Gasteiger partial charge in [-0.3, -0.25) is 4.79 Å². The molecule has 7 heteroatoms. The van der Waals surface area contributed by atoms with Crippen LogP contribution in [-0.2, 0) is 0 Å². The van der Waals surface area contributed by atoms with Crippen molar-refractivity contribution in [2.24, 2.45) is 0 Å². The third kappa shape index (κ3) is 3.08. The van der Waals surface area contributed by atoms with Gasteiger partial charge in [-0.05, 0) is 36.4 Å². The fourth-order valence-electron chi connectivity index (χ4n) is 2.03. The zero-order valence-electron chi connectivity index (χ0n) is 12.7. The number of ether oxygens (including phenoxy) is 1. The SMILES string of the molecule is COc1ccc(-c2nnc(C(=O)Nc3ccccc3C#N)o2)cc1. The van der Waals surface area contributed by atoms with Gasteiger partial charge in [-0.15, -0.1) is 10.2 Å². The maximum atomic E-state index is 12.2. The van der Waals surface area contributed by atoms with Crippen LogP contribution in [0.15, 0.2) is 52.9 Å². The summed E-state index contributed by atoms with van der Waals surface area (Å²) >= 11 is 0. The van der Waals surface area contributed by atoms with Crippen molar-refractivity contribution in [3.05, 3.63) is 60.0 Å². The molecular formula is C17H12N4O3. The molecule has 0 aliphatic carbocycles. The Morgan fingerprint density at radius 2 is 1.92 bits per heavy atom. The van der Waals surface area contributed by atoms with Crippen molar-refractivity contribution in [3.63, 3.8) is 0 Å². The second-order valence-corrected chi connectivity index (χ2v) is 4.75. The molecular weight excluding hydrogens is 308 g/mol. The van der Waals surface area contributed by atoms with Gasteiger partial charge in [-0.2, -0.15) is 5.26 Å². The summed E-state index contributed by atoms with van der Waals surface area (Å²) in [5.74, 6) is 0.152. The molecule has 0 atom stereocenters. The van der Waals surface area contributed by atoms with Gasteiger partial charge in [-0.25, -0.2) is 0 Å². The molecule has 3 aromatic rings. The Labute approximate surface area is 137 Å². The fourth-order valence-corrected chi connectivity index (χ4v) is 2.03. The molecule has 0 saturated carbocycles. The summed E-state index contributed by atoms with van der Waals surface area (Å²) in [5.41, 5.74) is 1.40. The minimum absolute atomic E-state index is 0.187. The molecule has 1 aromatic heterocycles. The van der Waals surface area contributed by atoms with Crippen LogP contribution in [0.5, 0.6) is 5.75 Å². The second-order valence-electron chi connectivity index (χ2n) is 4.75. The number of carbonyl (C=O) groups is 1. The third-order valence-corrected chi connectivity index (χ3v) is 3.25. The Morgan fingerprint density at radius 3 is 2.62 bits per heavy atom. The van der Waals surface area contributed by atoms with E-state index >= 15 is 0 Å². The molecule has 1 heterocycles. The lowest BCUT2D eigenvalue weighted by molar-refractivity contribution is 0.0991. The molecule has 0 saturated heterocycles. The maximum absolute atomic E-state index is 12.2. The van der Waals surface area contributed by atoms with E-state index < -0.39 is 5.91 Å². The molecule has 1 amide bonds. The van der Waals surface area contributed by atoms with Crippen molar-refractivity contribution in [1.82, 2.24) is 10.2 Å². The highest BCUT2D eigenvalue weighted by Gasteiger charge is 2.17. The van der Waals surface area contributed by atoms with Gasteiger partial charge in [0.2, 0.25) is 5.89 Å². The van der Waals surface area contributed by atoms with E-state index in [-0.39, 0.29) is 11.8 Å². The van der Waals surface area contributed by atoms with E-state index in [0.29, 0.717) is 22.6 Å². The summed E-state index contributed by atoms with van der Waals surface area (Å²) < 4.78 is 10.5. The lowest BCUT2D eigenvalue weighted by Gasteiger charge is -2.03. The normalized spacial score (nSPS) is 10.0. The van der Waals surface area contributed by atoms with Crippen LogP contribution in [0.3, 0.4) is 0 Å². The van der Waals surface area contributed by atoms with E-state index in [2.05, 4.69) is 15.5 Å². The number of nitrogens with one attached hydrogen (secondary N) is 1. The van der Waals surface area contributed by atoms with Crippen molar-refractivity contribution in [3.8, 4) is 23.3 Å². The topological polar surface area (TPSA) is 101 Å². The molecule has 0 unspecified atom stereocenters. The standard InChI is InChI=1S/C17H12N4O3/c1-23-13-8-6-11(7-9-13)16-20-21-17(24-16)15(22)19-14-5-3-2-4-12(14)10-18/h2-9H,1H3,(H,19,22). The van der Waals surface area contributed by atoms with Crippen molar-refractivity contribution in [1.29, 1.82) is 5.26 Å². The molecule has 7 nitrogen and oxygen atoms in total. The van der Waals surface area contributed by atoms with Crippen LogP contribution in [0.1, 0.15) is 16.2 Å². The number of hydrogen-bond donors (Lipinski definition) is 1. The highest BCUT2D eigenvalue weighted by atomic mass is 16.5. The highest BCUT2D eigenvalue weighted by molar-refractivity contribution is 6.01. The van der Waals surface area contributed by atoms with Crippen LogP contribution >= 0.6 is 0 Å². The Hall–Kier alpha value is -3.66. The predicted octanol–water partition coefficient (Wildman–Crippen LogP) is 2.87. The molecule has 0 radical (unpaired) electrons. The van der Waals surface area contributed by atoms with Crippen LogP contribution in [0.2, 0.25) is 0 Å². The number of nitrogens with zero attached hydrogens (tertiary/aromatic N) is 3. The largest absolute Gasteiger partial charge is 0.497 e. The van der Waals surface area contributed by atoms with Gasteiger partial charge in [0.1, 0.15) is 11.8 Å². The number of methoxy groups -OCH3 is 1. The van der Waals surface area contributed by atoms with Gasteiger partial charge >= 0.3 is 11.8 Å². The third-order valence-electron chi connectivity index (χ3n) is 3.25. The van der Waals surface area contributed by atoms with Crippen LogP contribution in [0, 0.1) is 11.3 Å². The number of carbonyl (C=O) groups excluding carboxylic acids is 1. The number of anilines is 1. The van der Waals surface area contributed by atoms with E-state index in [1.165, 1.54) is 0 Å². The van der Waals surface area contributed by atoms with Crippen molar-refractivity contribution in [2.45, 2.75) is 0 Å². The summed E-state index contributed by atoms with van der Waals surface area (Å²) in [5, 5.41) is 19.2. The number of benzene rings is 2. The Kier molecular flexibility index (Phi) is 4.21. The van der Waals surface area contributed by atoms with Gasteiger partial charge < -0.3 is 14.5 Å². The molecule has 3 rings (SSSR count). The number of nitriles is 1. The summed E-state index contributed by atoms with van der Waals surface area (Å²) in [4.78, 5) is 12.2. The second kappa shape index (κ2) is 6.62.